The zero-order valence-corrected chi connectivity index (χ0v) is 23.7. The minimum absolute atomic E-state index is 0.434. The summed E-state index contributed by atoms with van der Waals surface area (Å²) in [7, 11) is 0. The van der Waals surface area contributed by atoms with Gasteiger partial charge in [-0.2, -0.15) is 0 Å². The minimum atomic E-state index is 0.434. The Balaban J connectivity index is 1.38. The van der Waals surface area contributed by atoms with E-state index in [9.17, 15) is 0 Å². The fraction of sp³-hybridized carbons (Fsp3) is 0.824. The molecule has 0 spiro atoms. The van der Waals surface area contributed by atoms with Crippen LogP contribution in [0.1, 0.15) is 112 Å². The number of hydrogen-bond donors (Lipinski definition) is 0. The summed E-state index contributed by atoms with van der Waals surface area (Å²) in [6.45, 7) is 13.7. The van der Waals surface area contributed by atoms with Gasteiger partial charge in [-0.15, -0.1) is 6.42 Å². The molecule has 0 aliphatic heterocycles. The fourth-order valence-electron chi connectivity index (χ4n) is 9.84. The second-order valence-corrected chi connectivity index (χ2v) is 13.5. The lowest BCUT2D eigenvalue weighted by Gasteiger charge is -2.58. The molecule has 9 atom stereocenters. The van der Waals surface area contributed by atoms with Crippen LogP contribution in [0, 0.1) is 64.6 Å². The summed E-state index contributed by atoms with van der Waals surface area (Å²) in [4.78, 5) is 0. The highest BCUT2D eigenvalue weighted by atomic mass is 16.5. The second-order valence-electron chi connectivity index (χ2n) is 13.5. The third-order valence-electron chi connectivity index (χ3n) is 11.6. The van der Waals surface area contributed by atoms with Gasteiger partial charge in [-0.05, 0) is 142 Å². The SMILES string of the molecule is C#C/C(C)=C/C=C\CC[C@@H](CC)C1CCC2C3CCC4C[C@@](C)(COCC)CCC4C3CCC21C. The molecule has 4 rings (SSSR count). The van der Waals surface area contributed by atoms with Gasteiger partial charge in [0.05, 0.1) is 6.61 Å². The van der Waals surface area contributed by atoms with Crippen molar-refractivity contribution in [3.8, 4) is 12.3 Å². The van der Waals surface area contributed by atoms with Gasteiger partial charge in [0.15, 0.2) is 0 Å². The van der Waals surface area contributed by atoms with Crippen LogP contribution in [-0.4, -0.2) is 13.2 Å². The van der Waals surface area contributed by atoms with E-state index in [2.05, 4.69) is 51.8 Å². The second kappa shape index (κ2) is 11.6. The van der Waals surface area contributed by atoms with E-state index in [1.807, 2.05) is 6.92 Å². The van der Waals surface area contributed by atoms with Gasteiger partial charge in [-0.25, -0.2) is 0 Å². The first-order valence-corrected chi connectivity index (χ1v) is 15.2. The van der Waals surface area contributed by atoms with E-state index in [4.69, 9.17) is 11.2 Å². The van der Waals surface area contributed by atoms with Crippen molar-refractivity contribution >= 4 is 0 Å². The minimum Gasteiger partial charge on any atom is -0.381 e. The van der Waals surface area contributed by atoms with Crippen LogP contribution in [0.3, 0.4) is 0 Å². The number of rotatable bonds is 9. The zero-order chi connectivity index (χ0) is 25.1. The molecule has 4 aliphatic carbocycles. The first kappa shape index (κ1) is 27.0. The van der Waals surface area contributed by atoms with Crippen molar-refractivity contribution in [2.75, 3.05) is 13.2 Å². The Bertz CT molecular complexity index is 800. The molecule has 4 aliphatic rings. The summed E-state index contributed by atoms with van der Waals surface area (Å²) in [5.74, 6) is 9.56. The fourth-order valence-corrected chi connectivity index (χ4v) is 9.84. The Morgan fingerprint density at radius 3 is 2.57 bits per heavy atom. The van der Waals surface area contributed by atoms with Crippen LogP contribution in [0.5, 0.6) is 0 Å². The van der Waals surface area contributed by atoms with E-state index < -0.39 is 0 Å². The van der Waals surface area contributed by atoms with Gasteiger partial charge in [0.2, 0.25) is 0 Å². The smallest absolute Gasteiger partial charge is 0.0519 e. The molecule has 0 radical (unpaired) electrons. The van der Waals surface area contributed by atoms with Crippen LogP contribution >= 0.6 is 0 Å². The molecular formula is C34H54O. The highest BCUT2D eigenvalue weighted by Crippen LogP contribution is 2.66. The van der Waals surface area contributed by atoms with Gasteiger partial charge in [0.1, 0.15) is 0 Å². The Kier molecular flexibility index (Phi) is 8.95. The Labute approximate surface area is 217 Å². The van der Waals surface area contributed by atoms with Crippen LogP contribution in [-0.2, 0) is 4.74 Å². The summed E-state index contributed by atoms with van der Waals surface area (Å²) < 4.78 is 5.92. The molecule has 0 aromatic carbocycles. The first-order chi connectivity index (χ1) is 16.8. The van der Waals surface area contributed by atoms with E-state index in [1.165, 1.54) is 77.0 Å². The third-order valence-corrected chi connectivity index (χ3v) is 11.6. The first-order valence-electron chi connectivity index (χ1n) is 15.2. The molecule has 1 heteroatoms. The van der Waals surface area contributed by atoms with Gasteiger partial charge in [0, 0.05) is 6.61 Å². The molecule has 1 nitrogen and oxygen atoms in total. The van der Waals surface area contributed by atoms with Crippen LogP contribution in [0.2, 0.25) is 0 Å². The molecule has 0 aromatic heterocycles. The Morgan fingerprint density at radius 1 is 1.03 bits per heavy atom. The van der Waals surface area contributed by atoms with Crippen LogP contribution < -0.4 is 0 Å². The third kappa shape index (κ3) is 5.64. The number of hydrogen-bond acceptors (Lipinski definition) is 1. The average molecular weight is 479 g/mol. The summed E-state index contributed by atoms with van der Waals surface area (Å²) in [6.07, 6.45) is 29.3. The predicted molar refractivity (Wildman–Crippen MR) is 150 cm³/mol. The lowest BCUT2D eigenvalue weighted by molar-refractivity contribution is -0.0929. The predicted octanol–water partition coefficient (Wildman–Crippen LogP) is 9.24. The normalized spacial score (nSPS) is 42.2. The van der Waals surface area contributed by atoms with E-state index in [0.717, 1.165) is 60.2 Å². The molecule has 35 heavy (non-hydrogen) atoms. The van der Waals surface area contributed by atoms with Crippen molar-refractivity contribution in [1.29, 1.82) is 0 Å². The average Bonchev–Trinajstić information content (AvgIpc) is 3.21. The van der Waals surface area contributed by atoms with Crippen LogP contribution in [0.25, 0.3) is 0 Å². The highest BCUT2D eigenvalue weighted by molar-refractivity contribution is 5.26. The molecule has 196 valence electrons. The van der Waals surface area contributed by atoms with Gasteiger partial charge < -0.3 is 4.74 Å². The Morgan fingerprint density at radius 2 is 1.83 bits per heavy atom. The molecule has 0 amide bonds. The lowest BCUT2D eigenvalue weighted by atomic mass is 9.47. The molecule has 0 N–H and O–H groups in total. The zero-order valence-electron chi connectivity index (χ0n) is 23.7. The maximum absolute atomic E-state index is 5.92. The van der Waals surface area contributed by atoms with Crippen LogP contribution in [0.4, 0.5) is 0 Å². The Hall–Kier alpha value is -1.00. The van der Waals surface area contributed by atoms with Crippen molar-refractivity contribution in [2.24, 2.45) is 52.3 Å². The molecule has 4 saturated carbocycles. The van der Waals surface area contributed by atoms with Crippen LogP contribution in [0.15, 0.2) is 23.8 Å². The quantitative estimate of drug-likeness (QED) is 0.237. The maximum atomic E-state index is 5.92. The van der Waals surface area contributed by atoms with E-state index in [0.29, 0.717) is 10.8 Å². The molecule has 0 bridgehead atoms. The molecule has 4 fully saturated rings. The van der Waals surface area contributed by atoms with Crippen molar-refractivity contribution in [1.82, 2.24) is 0 Å². The van der Waals surface area contributed by atoms with Crippen molar-refractivity contribution < 1.29 is 4.74 Å². The number of fused-ring (bicyclic) bond motifs is 5. The lowest BCUT2D eigenvalue weighted by Crippen LogP contribution is -2.50. The summed E-state index contributed by atoms with van der Waals surface area (Å²) >= 11 is 0. The van der Waals surface area contributed by atoms with Crippen molar-refractivity contribution in [2.45, 2.75) is 112 Å². The number of allylic oxidation sites excluding steroid dienone is 4. The standard InChI is InChI=1S/C34H54O/c1-7-25(4)13-11-10-12-14-26(8-2)31-17-18-32-30-16-15-27-23-33(5,24-35-9-3)21-19-28(27)29(30)20-22-34(31,32)6/h1,10-11,13,26-32H,8-9,12,14-24H2,2-6H3/b11-10-,25-13+/t26-,27?,28?,29?,30?,31?,32?,33+,34?/m1/s1. The van der Waals surface area contributed by atoms with Crippen molar-refractivity contribution in [3.63, 3.8) is 0 Å². The topological polar surface area (TPSA) is 9.23 Å². The molecular weight excluding hydrogens is 424 g/mol. The summed E-state index contributed by atoms with van der Waals surface area (Å²) in [6, 6.07) is 0. The molecule has 0 saturated heterocycles. The van der Waals surface area contributed by atoms with E-state index in [1.54, 1.807) is 0 Å². The highest BCUT2D eigenvalue weighted by Gasteiger charge is 2.58. The number of ether oxygens (including phenoxy) is 1. The summed E-state index contributed by atoms with van der Waals surface area (Å²) in [5, 5.41) is 0. The van der Waals surface area contributed by atoms with E-state index in [-0.39, 0.29) is 0 Å². The van der Waals surface area contributed by atoms with Gasteiger partial charge in [-0.3, -0.25) is 0 Å². The van der Waals surface area contributed by atoms with Gasteiger partial charge >= 0.3 is 0 Å². The van der Waals surface area contributed by atoms with E-state index >= 15 is 0 Å². The summed E-state index contributed by atoms with van der Waals surface area (Å²) in [5.41, 5.74) is 2.04. The van der Waals surface area contributed by atoms with Crippen molar-refractivity contribution in [3.05, 3.63) is 23.8 Å². The molecule has 0 aromatic rings. The van der Waals surface area contributed by atoms with Gasteiger partial charge in [0.25, 0.3) is 0 Å². The maximum Gasteiger partial charge on any atom is 0.0519 e. The monoisotopic (exact) mass is 478 g/mol. The molecule has 7 unspecified atom stereocenters. The number of terminal acetylenes is 1. The largest absolute Gasteiger partial charge is 0.381 e. The molecule has 0 heterocycles. The van der Waals surface area contributed by atoms with Gasteiger partial charge in [-0.1, -0.05) is 51.3 Å².